The molecule has 9 heteroatoms. The minimum atomic E-state index is -1.02. The number of fused-ring (bicyclic) bond motifs is 1. The van der Waals surface area contributed by atoms with E-state index in [1.54, 1.807) is 0 Å². The van der Waals surface area contributed by atoms with Gasteiger partial charge in [0, 0.05) is 0 Å². The van der Waals surface area contributed by atoms with E-state index in [1.807, 2.05) is 0 Å². The van der Waals surface area contributed by atoms with Crippen molar-refractivity contribution in [3.63, 3.8) is 0 Å². The van der Waals surface area contributed by atoms with Gasteiger partial charge in [-0.3, -0.25) is 24.6 Å². The summed E-state index contributed by atoms with van der Waals surface area (Å²) in [7, 11) is 0. The summed E-state index contributed by atoms with van der Waals surface area (Å²) in [6.45, 7) is -0.0155. The van der Waals surface area contributed by atoms with Gasteiger partial charge in [-0.05, 0) is 0 Å². The average molecular weight is 225 g/mol. The zero-order valence-corrected chi connectivity index (χ0v) is 7.93. The summed E-state index contributed by atoms with van der Waals surface area (Å²) in [5.74, 6) is -1.02. The standard InChI is InChI=1S/C7H7N5O4/c13-3(14)1-2-12-5-4(8-11-12)6(15)9-10-7(5)16/h1-2H2,(H,9,15)(H,10,16)(H,13,14). The maximum absolute atomic E-state index is 11.4. The van der Waals surface area contributed by atoms with Crippen LogP contribution in [-0.4, -0.2) is 36.3 Å². The van der Waals surface area contributed by atoms with E-state index in [0.29, 0.717) is 0 Å². The molecule has 2 aromatic rings. The van der Waals surface area contributed by atoms with E-state index in [2.05, 4.69) is 20.5 Å². The number of rotatable bonds is 3. The number of H-pyrrole nitrogens is 2. The summed E-state index contributed by atoms with van der Waals surface area (Å²) >= 11 is 0. The highest BCUT2D eigenvalue weighted by Gasteiger charge is 2.12. The quantitative estimate of drug-likeness (QED) is 0.569. The molecule has 0 aliphatic carbocycles. The highest BCUT2D eigenvalue weighted by atomic mass is 16.4. The van der Waals surface area contributed by atoms with Crippen LogP contribution in [0.4, 0.5) is 0 Å². The summed E-state index contributed by atoms with van der Waals surface area (Å²) in [5.41, 5.74) is -1.26. The number of hydrogen-bond donors (Lipinski definition) is 3. The lowest BCUT2D eigenvalue weighted by Gasteiger charge is -1.97. The molecule has 0 radical (unpaired) electrons. The van der Waals surface area contributed by atoms with E-state index in [-0.39, 0.29) is 24.0 Å². The van der Waals surface area contributed by atoms with Gasteiger partial charge in [0.15, 0.2) is 11.0 Å². The number of aliphatic carboxylic acids is 1. The number of nitrogens with zero attached hydrogens (tertiary/aromatic N) is 3. The molecule has 2 heterocycles. The van der Waals surface area contributed by atoms with Crippen molar-refractivity contribution in [2.45, 2.75) is 13.0 Å². The van der Waals surface area contributed by atoms with E-state index in [1.165, 1.54) is 0 Å². The van der Waals surface area contributed by atoms with Gasteiger partial charge in [-0.2, -0.15) is 0 Å². The molecule has 2 aromatic heterocycles. The predicted molar refractivity (Wildman–Crippen MR) is 51.0 cm³/mol. The number of carboxylic acid groups (broad SMARTS) is 1. The first kappa shape index (κ1) is 10.1. The van der Waals surface area contributed by atoms with Crippen molar-refractivity contribution in [3.05, 3.63) is 20.7 Å². The Morgan fingerprint density at radius 3 is 2.69 bits per heavy atom. The van der Waals surface area contributed by atoms with E-state index in [0.717, 1.165) is 4.68 Å². The normalized spacial score (nSPS) is 10.8. The highest BCUT2D eigenvalue weighted by molar-refractivity contribution is 5.72. The molecular weight excluding hydrogens is 218 g/mol. The van der Waals surface area contributed by atoms with Crippen molar-refractivity contribution in [1.82, 2.24) is 25.2 Å². The molecule has 0 saturated heterocycles. The Balaban J connectivity index is 2.56. The fourth-order valence-corrected chi connectivity index (χ4v) is 1.28. The first-order valence-electron chi connectivity index (χ1n) is 4.35. The van der Waals surface area contributed by atoms with E-state index < -0.39 is 17.1 Å². The third kappa shape index (κ3) is 1.58. The maximum atomic E-state index is 11.4. The third-order valence-corrected chi connectivity index (χ3v) is 1.99. The monoisotopic (exact) mass is 225 g/mol. The minimum Gasteiger partial charge on any atom is -0.481 e. The number of carbonyl (C=O) groups is 1. The molecule has 0 amide bonds. The second kappa shape index (κ2) is 3.61. The summed E-state index contributed by atoms with van der Waals surface area (Å²) < 4.78 is 1.09. The zero-order chi connectivity index (χ0) is 11.7. The van der Waals surface area contributed by atoms with E-state index in [4.69, 9.17) is 5.11 Å². The van der Waals surface area contributed by atoms with Crippen molar-refractivity contribution in [2.24, 2.45) is 0 Å². The predicted octanol–water partition coefficient (Wildman–Crippen LogP) is -1.72. The molecule has 0 bridgehead atoms. The molecule has 2 rings (SSSR count). The van der Waals surface area contributed by atoms with Crippen LogP contribution >= 0.6 is 0 Å². The van der Waals surface area contributed by atoms with Gasteiger partial charge in [0.05, 0.1) is 13.0 Å². The lowest BCUT2D eigenvalue weighted by molar-refractivity contribution is -0.137. The first-order chi connectivity index (χ1) is 7.59. The van der Waals surface area contributed by atoms with Crippen LogP contribution in [0.1, 0.15) is 6.42 Å². The Labute approximate surface area is 86.7 Å². The highest BCUT2D eigenvalue weighted by Crippen LogP contribution is 1.99. The second-order valence-corrected chi connectivity index (χ2v) is 3.06. The van der Waals surface area contributed by atoms with E-state index >= 15 is 0 Å². The van der Waals surface area contributed by atoms with Crippen LogP contribution in [0.3, 0.4) is 0 Å². The fourth-order valence-electron chi connectivity index (χ4n) is 1.28. The Bertz CT molecular complexity index is 651. The topological polar surface area (TPSA) is 134 Å². The van der Waals surface area contributed by atoms with Crippen molar-refractivity contribution in [2.75, 3.05) is 0 Å². The molecule has 0 spiro atoms. The SMILES string of the molecule is O=C(O)CCn1nnc2c(=O)[nH][nH]c(=O)c21. The van der Waals surface area contributed by atoms with Crippen LogP contribution in [-0.2, 0) is 11.3 Å². The van der Waals surface area contributed by atoms with Gasteiger partial charge in [-0.1, -0.05) is 5.21 Å². The number of aryl methyl sites for hydroxylation is 1. The number of nitrogens with one attached hydrogen (secondary N) is 2. The van der Waals surface area contributed by atoms with E-state index in [9.17, 15) is 14.4 Å². The Morgan fingerprint density at radius 2 is 2.00 bits per heavy atom. The number of carboxylic acids is 1. The number of aromatic amines is 2. The summed E-state index contributed by atoms with van der Waals surface area (Å²) in [4.78, 5) is 33.0. The lowest BCUT2D eigenvalue weighted by Crippen LogP contribution is -2.21. The van der Waals surface area contributed by atoms with Gasteiger partial charge < -0.3 is 5.11 Å². The van der Waals surface area contributed by atoms with Gasteiger partial charge in [0.2, 0.25) is 0 Å². The van der Waals surface area contributed by atoms with Crippen LogP contribution in [0.2, 0.25) is 0 Å². The smallest absolute Gasteiger partial charge is 0.305 e. The van der Waals surface area contributed by atoms with Crippen LogP contribution in [0.15, 0.2) is 9.59 Å². The van der Waals surface area contributed by atoms with Gasteiger partial charge in [0.25, 0.3) is 11.1 Å². The Morgan fingerprint density at radius 1 is 1.31 bits per heavy atom. The zero-order valence-electron chi connectivity index (χ0n) is 7.93. The molecular formula is C7H7N5O4. The summed E-state index contributed by atoms with van der Waals surface area (Å²) in [5, 5.41) is 19.8. The van der Waals surface area contributed by atoms with Gasteiger partial charge in [-0.15, -0.1) is 5.10 Å². The largest absolute Gasteiger partial charge is 0.481 e. The molecule has 0 aliphatic heterocycles. The fraction of sp³-hybridized carbons (Fsp3) is 0.286. The van der Waals surface area contributed by atoms with Crippen LogP contribution < -0.4 is 11.1 Å². The Kier molecular flexibility index (Phi) is 2.27. The van der Waals surface area contributed by atoms with Crippen LogP contribution in [0.25, 0.3) is 11.0 Å². The maximum Gasteiger partial charge on any atom is 0.305 e. The number of aromatic nitrogens is 5. The molecule has 3 N–H and O–H groups in total. The summed E-state index contributed by atoms with van der Waals surface area (Å²) in [6.07, 6.45) is -0.204. The molecule has 0 unspecified atom stereocenters. The number of hydrogen-bond acceptors (Lipinski definition) is 5. The van der Waals surface area contributed by atoms with Gasteiger partial charge >= 0.3 is 5.97 Å². The average Bonchev–Trinajstić information content (AvgIpc) is 2.65. The molecule has 84 valence electrons. The Hall–Kier alpha value is -2.45. The molecule has 0 aliphatic rings. The van der Waals surface area contributed by atoms with Crippen LogP contribution in [0, 0.1) is 0 Å². The molecule has 16 heavy (non-hydrogen) atoms. The van der Waals surface area contributed by atoms with Crippen molar-refractivity contribution < 1.29 is 9.90 Å². The van der Waals surface area contributed by atoms with Gasteiger partial charge in [0.1, 0.15) is 0 Å². The molecule has 0 aromatic carbocycles. The first-order valence-corrected chi connectivity index (χ1v) is 4.35. The molecule has 0 fully saturated rings. The van der Waals surface area contributed by atoms with Crippen molar-refractivity contribution in [1.29, 1.82) is 0 Å². The van der Waals surface area contributed by atoms with Gasteiger partial charge in [-0.25, -0.2) is 4.68 Å². The molecule has 9 nitrogen and oxygen atoms in total. The molecule has 0 saturated carbocycles. The minimum absolute atomic E-state index is 0.0155. The second-order valence-electron chi connectivity index (χ2n) is 3.06. The van der Waals surface area contributed by atoms with Crippen molar-refractivity contribution >= 4 is 17.0 Å². The van der Waals surface area contributed by atoms with Crippen molar-refractivity contribution in [3.8, 4) is 0 Å². The van der Waals surface area contributed by atoms with Crippen LogP contribution in [0.5, 0.6) is 0 Å². The molecule has 0 atom stereocenters. The third-order valence-electron chi connectivity index (χ3n) is 1.99. The summed E-state index contributed by atoms with van der Waals surface area (Å²) in [6, 6.07) is 0. The lowest BCUT2D eigenvalue weighted by atomic mass is 10.4.